The van der Waals surface area contributed by atoms with Gasteiger partial charge in [0.2, 0.25) is 5.91 Å². The molecule has 19 nitrogen and oxygen atoms in total. The molecule has 12 N–H and O–H groups in total. The van der Waals surface area contributed by atoms with E-state index in [-0.39, 0.29) is 18.9 Å². The lowest BCUT2D eigenvalue weighted by molar-refractivity contribution is -0.379. The number of carbonyl (C=O) groups excluding carboxylic acids is 1. The summed E-state index contributed by atoms with van der Waals surface area (Å²) in [4.78, 5) is 13.4. The van der Waals surface area contributed by atoms with Crippen molar-refractivity contribution in [2.75, 3.05) is 26.4 Å². The molecule has 19 heteroatoms. The van der Waals surface area contributed by atoms with Crippen molar-refractivity contribution in [3.05, 3.63) is 24.3 Å². The van der Waals surface area contributed by atoms with E-state index in [0.717, 1.165) is 51.4 Å². The zero-order chi connectivity index (χ0) is 62.6. The molecule has 3 rings (SSSR count). The van der Waals surface area contributed by atoms with E-state index in [1.165, 1.54) is 180 Å². The maximum atomic E-state index is 13.4. The third-order valence-electron chi connectivity index (χ3n) is 17.5. The molecule has 506 valence electrons. The van der Waals surface area contributed by atoms with Gasteiger partial charge < -0.3 is 89.9 Å². The first kappa shape index (κ1) is 78.5. The molecule has 0 aromatic carbocycles. The highest BCUT2D eigenvalue weighted by Crippen LogP contribution is 2.33. The lowest BCUT2D eigenvalue weighted by Gasteiger charge is -2.48. The van der Waals surface area contributed by atoms with Crippen molar-refractivity contribution >= 4 is 5.91 Å². The molecule has 0 aliphatic carbocycles. The number of amides is 1. The zero-order valence-electron chi connectivity index (χ0n) is 53.3. The molecule has 0 radical (unpaired) electrons. The molecular formula is C67H125NO18. The minimum absolute atomic E-state index is 0.241. The lowest BCUT2D eigenvalue weighted by atomic mass is 9.96. The van der Waals surface area contributed by atoms with Crippen molar-refractivity contribution in [2.45, 2.75) is 369 Å². The summed E-state index contributed by atoms with van der Waals surface area (Å²) < 4.78 is 34.3. The van der Waals surface area contributed by atoms with Gasteiger partial charge in [-0.15, -0.1) is 0 Å². The highest BCUT2D eigenvalue weighted by molar-refractivity contribution is 5.76. The SMILES string of the molecule is CCCCCCC/C=C\C/C=C\CCCCCCCCCCCCCCCCCCCCCC(=O)NC(COC1OC(CO)C(OC2OC(CO)C(OC3OC(CO)C(O)C(O)C3O)C(O)C2O)C(O)C1O)C(O)CCCCCCCCCCCC. The van der Waals surface area contributed by atoms with Crippen molar-refractivity contribution in [2.24, 2.45) is 0 Å². The quantitative estimate of drug-likeness (QED) is 0.0200. The number of aliphatic hydroxyl groups is 11. The number of hydrogen-bond acceptors (Lipinski definition) is 18. The standard InChI is InChI=1S/C67H125NO18/c1-3-5-7-9-11-13-15-16-17-18-19-20-21-22-23-24-25-26-27-28-29-30-31-32-33-34-35-37-39-41-43-45-55(73)68-50(51(72)44-42-40-38-36-14-12-10-8-6-4-2)49-81-65-61(79)58(76)63(53(47-70)83-65)86-67-62(80)59(77)64(54(48-71)84-67)85-66-60(78)57(75)56(74)52(46-69)82-66/h15-16,18-19,50-54,56-67,69-72,74-80H,3-14,17,20-49H2,1-2H3,(H,68,73)/b16-15-,19-18-. The highest BCUT2D eigenvalue weighted by atomic mass is 16.8. The fourth-order valence-electron chi connectivity index (χ4n) is 11.9. The monoisotopic (exact) mass is 1230 g/mol. The predicted molar refractivity (Wildman–Crippen MR) is 333 cm³/mol. The molecule has 3 fully saturated rings. The van der Waals surface area contributed by atoms with E-state index in [2.05, 4.69) is 43.5 Å². The van der Waals surface area contributed by atoms with Crippen LogP contribution >= 0.6 is 0 Å². The predicted octanol–water partition coefficient (Wildman–Crippen LogP) is 8.66. The van der Waals surface area contributed by atoms with Crippen LogP contribution in [0.1, 0.15) is 264 Å². The van der Waals surface area contributed by atoms with E-state index in [0.29, 0.717) is 12.8 Å². The summed E-state index contributed by atoms with van der Waals surface area (Å²) in [6.07, 6.45) is 28.7. The molecule has 0 saturated carbocycles. The third kappa shape index (κ3) is 32.0. The van der Waals surface area contributed by atoms with Gasteiger partial charge in [0.1, 0.15) is 73.2 Å². The van der Waals surface area contributed by atoms with E-state index >= 15 is 0 Å². The van der Waals surface area contributed by atoms with Crippen LogP contribution in [0.4, 0.5) is 0 Å². The Morgan fingerprint density at radius 3 is 1.19 bits per heavy atom. The molecule has 0 spiro atoms. The Labute approximate surface area is 518 Å². The van der Waals surface area contributed by atoms with Crippen LogP contribution in [0.5, 0.6) is 0 Å². The maximum Gasteiger partial charge on any atom is 0.220 e. The minimum atomic E-state index is -1.97. The Morgan fingerprint density at radius 1 is 0.419 bits per heavy atom. The molecule has 0 aromatic rings. The number of ether oxygens (including phenoxy) is 6. The average molecular weight is 1230 g/mol. The van der Waals surface area contributed by atoms with E-state index in [4.69, 9.17) is 28.4 Å². The maximum absolute atomic E-state index is 13.4. The van der Waals surface area contributed by atoms with Crippen molar-refractivity contribution in [3.8, 4) is 0 Å². The molecule has 17 atom stereocenters. The van der Waals surface area contributed by atoms with Gasteiger partial charge in [0, 0.05) is 6.42 Å². The van der Waals surface area contributed by atoms with Gasteiger partial charge in [-0.1, -0.05) is 237 Å². The Hall–Kier alpha value is -1.73. The molecule has 1 amide bonds. The Bertz CT molecular complexity index is 1660. The van der Waals surface area contributed by atoms with E-state index < -0.39 is 124 Å². The van der Waals surface area contributed by atoms with E-state index in [9.17, 15) is 61.0 Å². The van der Waals surface area contributed by atoms with Crippen LogP contribution in [0.15, 0.2) is 24.3 Å². The molecule has 3 aliphatic heterocycles. The average Bonchev–Trinajstić information content (AvgIpc) is 1.89. The number of aliphatic hydroxyl groups excluding tert-OH is 11. The number of nitrogens with one attached hydrogen (secondary N) is 1. The summed E-state index contributed by atoms with van der Waals surface area (Å²) in [7, 11) is 0. The van der Waals surface area contributed by atoms with Crippen molar-refractivity contribution in [3.63, 3.8) is 0 Å². The number of rotatable bonds is 53. The number of hydrogen-bond donors (Lipinski definition) is 12. The Morgan fingerprint density at radius 2 is 0.767 bits per heavy atom. The second-order valence-electron chi connectivity index (χ2n) is 25.0. The molecule has 0 bridgehead atoms. The van der Waals surface area contributed by atoms with Gasteiger partial charge in [-0.05, 0) is 44.9 Å². The summed E-state index contributed by atoms with van der Waals surface area (Å²) in [5.74, 6) is -0.241. The van der Waals surface area contributed by atoms with Crippen LogP contribution in [0.25, 0.3) is 0 Å². The van der Waals surface area contributed by atoms with Gasteiger partial charge in [-0.3, -0.25) is 4.79 Å². The summed E-state index contributed by atoms with van der Waals surface area (Å²) in [5, 5.41) is 120. The first-order chi connectivity index (χ1) is 41.8. The van der Waals surface area contributed by atoms with Gasteiger partial charge in [0.05, 0.1) is 38.6 Å². The summed E-state index contributed by atoms with van der Waals surface area (Å²) >= 11 is 0. The van der Waals surface area contributed by atoms with E-state index in [1.807, 2.05) is 0 Å². The van der Waals surface area contributed by atoms with Gasteiger partial charge in [0.25, 0.3) is 0 Å². The van der Waals surface area contributed by atoms with Crippen LogP contribution in [0.3, 0.4) is 0 Å². The van der Waals surface area contributed by atoms with Crippen LogP contribution in [0.2, 0.25) is 0 Å². The van der Waals surface area contributed by atoms with Gasteiger partial charge >= 0.3 is 0 Å². The summed E-state index contributed by atoms with van der Waals surface area (Å²) in [6, 6.07) is -0.883. The first-order valence-electron chi connectivity index (χ1n) is 34.6. The number of carbonyl (C=O) groups is 1. The van der Waals surface area contributed by atoms with Crippen LogP contribution in [-0.4, -0.2) is 193 Å². The Balaban J connectivity index is 1.34. The molecule has 3 heterocycles. The van der Waals surface area contributed by atoms with Gasteiger partial charge in [-0.25, -0.2) is 0 Å². The number of allylic oxidation sites excluding steroid dienone is 4. The third-order valence-corrected chi connectivity index (χ3v) is 17.5. The second-order valence-corrected chi connectivity index (χ2v) is 25.0. The van der Waals surface area contributed by atoms with Gasteiger partial charge in [0.15, 0.2) is 18.9 Å². The zero-order valence-corrected chi connectivity index (χ0v) is 53.3. The fourth-order valence-corrected chi connectivity index (χ4v) is 11.9. The van der Waals surface area contributed by atoms with Crippen molar-refractivity contribution < 1.29 is 89.4 Å². The smallest absolute Gasteiger partial charge is 0.220 e. The second kappa shape index (κ2) is 49.9. The lowest BCUT2D eigenvalue weighted by Crippen LogP contribution is -2.66. The molecule has 3 aliphatic rings. The fraction of sp³-hybridized carbons (Fsp3) is 0.925. The van der Waals surface area contributed by atoms with Gasteiger partial charge in [-0.2, -0.15) is 0 Å². The highest BCUT2D eigenvalue weighted by Gasteiger charge is 2.53. The molecular weight excluding hydrogens is 1110 g/mol. The molecule has 3 saturated heterocycles. The van der Waals surface area contributed by atoms with Crippen LogP contribution in [0, 0.1) is 0 Å². The van der Waals surface area contributed by atoms with Crippen LogP contribution < -0.4 is 5.32 Å². The molecule has 17 unspecified atom stereocenters. The Kier molecular flexibility index (Phi) is 45.6. The normalized spacial score (nSPS) is 28.9. The van der Waals surface area contributed by atoms with E-state index in [1.54, 1.807) is 0 Å². The minimum Gasteiger partial charge on any atom is -0.394 e. The number of unbranched alkanes of at least 4 members (excludes halogenated alkanes) is 33. The summed E-state index contributed by atoms with van der Waals surface area (Å²) in [6.45, 7) is 1.78. The molecule has 86 heavy (non-hydrogen) atoms. The van der Waals surface area contributed by atoms with Crippen molar-refractivity contribution in [1.29, 1.82) is 0 Å². The topological polar surface area (TPSA) is 307 Å². The largest absolute Gasteiger partial charge is 0.394 e. The summed E-state index contributed by atoms with van der Waals surface area (Å²) in [5.41, 5.74) is 0. The van der Waals surface area contributed by atoms with Crippen molar-refractivity contribution in [1.82, 2.24) is 5.32 Å². The first-order valence-corrected chi connectivity index (χ1v) is 34.6. The molecule has 0 aromatic heterocycles. The van der Waals surface area contributed by atoms with Crippen LogP contribution in [-0.2, 0) is 33.2 Å².